The van der Waals surface area contributed by atoms with Gasteiger partial charge in [-0.05, 0) is 41.7 Å². The van der Waals surface area contributed by atoms with E-state index in [2.05, 4.69) is 13.8 Å². The van der Waals surface area contributed by atoms with E-state index in [4.69, 9.17) is 14.2 Å². The Morgan fingerprint density at radius 1 is 0.962 bits per heavy atom. The Kier molecular flexibility index (Phi) is 7.42. The first-order valence-corrected chi connectivity index (χ1v) is 8.77. The Morgan fingerprint density at radius 3 is 2.15 bits per heavy atom. The number of carbonyl (C=O) groups is 1. The molecule has 138 valence electrons. The van der Waals surface area contributed by atoms with E-state index in [1.807, 2.05) is 61.5 Å². The van der Waals surface area contributed by atoms with Gasteiger partial charge in [0, 0.05) is 7.11 Å². The number of methoxy groups -OCH3 is 1. The number of esters is 1. The monoisotopic (exact) mass is 354 g/mol. The Balaban J connectivity index is 2.56. The third-order valence-corrected chi connectivity index (χ3v) is 3.90. The lowest BCUT2D eigenvalue weighted by Gasteiger charge is -2.19. The first kappa shape index (κ1) is 19.7. The highest BCUT2D eigenvalue weighted by Gasteiger charge is 2.22. The zero-order valence-electron chi connectivity index (χ0n) is 15.8. The van der Waals surface area contributed by atoms with Crippen molar-refractivity contribution in [1.29, 1.82) is 0 Å². The molecule has 2 aromatic rings. The number of ether oxygens (including phenoxy) is 3. The second-order valence-corrected chi connectivity index (χ2v) is 6.11. The van der Waals surface area contributed by atoms with E-state index < -0.39 is 0 Å². The zero-order valence-corrected chi connectivity index (χ0v) is 15.8. The van der Waals surface area contributed by atoms with Crippen LogP contribution in [0.4, 0.5) is 0 Å². The minimum absolute atomic E-state index is 0.154. The minimum Gasteiger partial charge on any atom is -0.468 e. The Labute approximate surface area is 155 Å². The van der Waals surface area contributed by atoms with Crippen LogP contribution in [0.1, 0.15) is 31.9 Å². The maximum atomic E-state index is 12.8. The molecule has 0 unspecified atom stereocenters. The number of hydrogen-bond donors (Lipinski definition) is 0. The van der Waals surface area contributed by atoms with E-state index in [0.717, 1.165) is 16.7 Å². The van der Waals surface area contributed by atoms with Crippen molar-refractivity contribution >= 4 is 17.1 Å². The third kappa shape index (κ3) is 4.96. The van der Waals surface area contributed by atoms with Crippen LogP contribution in [0.15, 0.2) is 54.6 Å². The van der Waals surface area contributed by atoms with E-state index in [1.54, 1.807) is 7.11 Å². The predicted molar refractivity (Wildman–Crippen MR) is 104 cm³/mol. The zero-order chi connectivity index (χ0) is 18.9. The molecule has 0 amide bonds. The summed E-state index contributed by atoms with van der Waals surface area (Å²) in [4.78, 5) is 12.8. The van der Waals surface area contributed by atoms with E-state index in [1.165, 1.54) is 0 Å². The number of benzene rings is 2. The predicted octanol–water partition coefficient (Wildman–Crippen LogP) is 4.80. The maximum absolute atomic E-state index is 12.8. The first-order valence-electron chi connectivity index (χ1n) is 8.77. The second kappa shape index (κ2) is 9.78. The Hall–Kier alpha value is -2.59. The highest BCUT2D eigenvalue weighted by molar-refractivity contribution is 6.24. The lowest BCUT2D eigenvalue weighted by Crippen LogP contribution is -2.11. The molecule has 0 aliphatic carbocycles. The summed E-state index contributed by atoms with van der Waals surface area (Å²) in [6.07, 6.45) is 0. The van der Waals surface area contributed by atoms with Gasteiger partial charge in [0.25, 0.3) is 0 Å². The molecule has 0 aliphatic rings. The van der Waals surface area contributed by atoms with Gasteiger partial charge in [-0.2, -0.15) is 0 Å². The number of rotatable bonds is 8. The normalized spacial score (nSPS) is 11.9. The highest BCUT2D eigenvalue weighted by Crippen LogP contribution is 2.33. The second-order valence-electron chi connectivity index (χ2n) is 6.11. The van der Waals surface area contributed by atoms with E-state index >= 15 is 0 Å². The lowest BCUT2D eigenvalue weighted by molar-refractivity contribution is -0.136. The van der Waals surface area contributed by atoms with Crippen molar-refractivity contribution in [2.24, 2.45) is 5.92 Å². The summed E-state index contributed by atoms with van der Waals surface area (Å²) in [5.74, 6) is 0.524. The van der Waals surface area contributed by atoms with Crippen LogP contribution in [0.2, 0.25) is 0 Å². The molecule has 26 heavy (non-hydrogen) atoms. The average molecular weight is 354 g/mol. The molecule has 0 fully saturated rings. The van der Waals surface area contributed by atoms with E-state index in [9.17, 15) is 4.79 Å². The fraction of sp³-hybridized carbons (Fsp3) is 0.318. The van der Waals surface area contributed by atoms with Crippen molar-refractivity contribution < 1.29 is 19.0 Å². The topological polar surface area (TPSA) is 44.8 Å². The third-order valence-electron chi connectivity index (χ3n) is 3.90. The molecule has 0 saturated carbocycles. The van der Waals surface area contributed by atoms with Gasteiger partial charge in [0.2, 0.25) is 0 Å². The van der Waals surface area contributed by atoms with Gasteiger partial charge in [-0.3, -0.25) is 0 Å². The Morgan fingerprint density at radius 2 is 1.62 bits per heavy atom. The van der Waals surface area contributed by atoms with E-state index in [-0.39, 0.29) is 18.7 Å². The molecule has 4 nitrogen and oxygen atoms in total. The van der Waals surface area contributed by atoms with Gasteiger partial charge < -0.3 is 14.2 Å². The van der Waals surface area contributed by atoms with Crippen molar-refractivity contribution in [1.82, 2.24) is 0 Å². The lowest BCUT2D eigenvalue weighted by atomic mass is 9.87. The summed E-state index contributed by atoms with van der Waals surface area (Å²) in [7, 11) is 1.57. The van der Waals surface area contributed by atoms with Crippen LogP contribution in [0.5, 0.6) is 5.75 Å². The summed E-state index contributed by atoms with van der Waals surface area (Å²) in [6.45, 7) is 6.49. The molecule has 4 heteroatoms. The van der Waals surface area contributed by atoms with Crippen molar-refractivity contribution in [2.45, 2.75) is 20.8 Å². The number of allylic oxidation sites excluding steroid dienone is 1. The fourth-order valence-corrected chi connectivity index (χ4v) is 2.82. The van der Waals surface area contributed by atoms with Crippen LogP contribution >= 0.6 is 0 Å². The highest BCUT2D eigenvalue weighted by atomic mass is 16.7. The molecule has 0 atom stereocenters. The van der Waals surface area contributed by atoms with Gasteiger partial charge in [-0.1, -0.05) is 56.3 Å². The fourth-order valence-electron chi connectivity index (χ4n) is 2.82. The van der Waals surface area contributed by atoms with Crippen molar-refractivity contribution in [3.63, 3.8) is 0 Å². The van der Waals surface area contributed by atoms with Gasteiger partial charge in [-0.15, -0.1) is 0 Å². The van der Waals surface area contributed by atoms with Crippen LogP contribution in [0.3, 0.4) is 0 Å². The first-order chi connectivity index (χ1) is 12.6. The summed E-state index contributed by atoms with van der Waals surface area (Å²) >= 11 is 0. The molecule has 0 bridgehead atoms. The molecule has 0 heterocycles. The molecule has 0 radical (unpaired) electrons. The van der Waals surface area contributed by atoms with Gasteiger partial charge in [-0.25, -0.2) is 4.79 Å². The quantitative estimate of drug-likeness (QED) is 0.296. The summed E-state index contributed by atoms with van der Waals surface area (Å²) < 4.78 is 15.7. The van der Waals surface area contributed by atoms with Crippen LogP contribution in [0, 0.1) is 5.92 Å². The van der Waals surface area contributed by atoms with Crippen molar-refractivity contribution in [3.05, 3.63) is 65.7 Å². The van der Waals surface area contributed by atoms with Gasteiger partial charge in [0.1, 0.15) is 5.75 Å². The molecular formula is C22H26O4. The summed E-state index contributed by atoms with van der Waals surface area (Å²) in [6, 6.07) is 17.4. The molecule has 2 aromatic carbocycles. The standard InChI is InChI=1S/C22H26O4/c1-5-25-22(23)21(18-11-13-19(14-12-18)26-15-24-4)20(16(2)3)17-9-7-6-8-10-17/h6-14,16H,5,15H2,1-4H3. The molecule has 0 aliphatic heterocycles. The molecule has 0 spiro atoms. The van der Waals surface area contributed by atoms with Gasteiger partial charge in [0.05, 0.1) is 12.2 Å². The molecule has 2 rings (SSSR count). The SMILES string of the molecule is CCOC(=O)C(=C(c1ccccc1)C(C)C)c1ccc(OCOC)cc1. The van der Waals surface area contributed by atoms with Gasteiger partial charge in [0.15, 0.2) is 6.79 Å². The average Bonchev–Trinajstić information content (AvgIpc) is 2.65. The molecule has 0 N–H and O–H groups in total. The largest absolute Gasteiger partial charge is 0.468 e. The van der Waals surface area contributed by atoms with Crippen LogP contribution in [-0.2, 0) is 14.3 Å². The van der Waals surface area contributed by atoms with Crippen LogP contribution < -0.4 is 4.74 Å². The molecule has 0 aromatic heterocycles. The summed E-state index contributed by atoms with van der Waals surface area (Å²) in [5.41, 5.74) is 3.38. The van der Waals surface area contributed by atoms with Crippen LogP contribution in [-0.4, -0.2) is 26.5 Å². The number of carbonyl (C=O) groups excluding carboxylic acids is 1. The Bertz CT molecular complexity index is 730. The van der Waals surface area contributed by atoms with Gasteiger partial charge >= 0.3 is 5.97 Å². The van der Waals surface area contributed by atoms with Crippen molar-refractivity contribution in [3.8, 4) is 5.75 Å². The summed E-state index contributed by atoms with van der Waals surface area (Å²) in [5, 5.41) is 0. The maximum Gasteiger partial charge on any atom is 0.339 e. The minimum atomic E-state index is -0.314. The van der Waals surface area contributed by atoms with Crippen molar-refractivity contribution in [2.75, 3.05) is 20.5 Å². The smallest absolute Gasteiger partial charge is 0.339 e. The number of hydrogen-bond acceptors (Lipinski definition) is 4. The molecular weight excluding hydrogens is 328 g/mol. The van der Waals surface area contributed by atoms with E-state index in [0.29, 0.717) is 17.9 Å². The van der Waals surface area contributed by atoms with Crippen LogP contribution in [0.25, 0.3) is 11.1 Å². The molecule has 0 saturated heterocycles.